The van der Waals surface area contributed by atoms with E-state index in [1.54, 1.807) is 7.05 Å². The standard InChI is InChI=1S/C19H27N5O3S/c1-19(2,3)22-12(25)10-28-16-13-15(23(4)18(27)24(5)17(13)26)20-14(21-16)11-8-6-7-9-11/h11H,6-10H2,1-5H3,(H,22,25). The number of fused-ring (bicyclic) bond motifs is 1. The van der Waals surface area contributed by atoms with Gasteiger partial charge in [-0.2, -0.15) is 0 Å². The van der Waals surface area contributed by atoms with Crippen molar-refractivity contribution in [2.75, 3.05) is 5.75 Å². The summed E-state index contributed by atoms with van der Waals surface area (Å²) in [6, 6.07) is 0. The third-order valence-corrected chi connectivity index (χ3v) is 5.83. The van der Waals surface area contributed by atoms with Crippen molar-refractivity contribution >= 4 is 28.7 Å². The number of carbonyl (C=O) groups is 1. The highest BCUT2D eigenvalue weighted by atomic mass is 32.2. The average molecular weight is 406 g/mol. The Morgan fingerprint density at radius 1 is 1.14 bits per heavy atom. The fourth-order valence-electron chi connectivity index (χ4n) is 3.50. The van der Waals surface area contributed by atoms with Gasteiger partial charge >= 0.3 is 5.69 Å². The van der Waals surface area contributed by atoms with Crippen LogP contribution in [-0.4, -0.2) is 36.3 Å². The molecule has 0 radical (unpaired) electrons. The smallest absolute Gasteiger partial charge is 0.332 e. The molecule has 1 aliphatic rings. The predicted octanol–water partition coefficient (Wildman–Crippen LogP) is 1.69. The van der Waals surface area contributed by atoms with E-state index < -0.39 is 11.2 Å². The number of nitrogens with zero attached hydrogens (tertiary/aromatic N) is 4. The van der Waals surface area contributed by atoms with Crippen LogP contribution < -0.4 is 16.6 Å². The van der Waals surface area contributed by atoms with Gasteiger partial charge in [0, 0.05) is 25.6 Å². The first-order chi connectivity index (χ1) is 13.1. The van der Waals surface area contributed by atoms with Crippen molar-refractivity contribution in [3.05, 3.63) is 26.7 Å². The Balaban J connectivity index is 2.09. The molecule has 28 heavy (non-hydrogen) atoms. The van der Waals surface area contributed by atoms with Gasteiger partial charge in [0.2, 0.25) is 5.91 Å². The average Bonchev–Trinajstić information content (AvgIpc) is 3.15. The number of carbonyl (C=O) groups excluding carboxylic acids is 1. The van der Waals surface area contributed by atoms with Crippen molar-refractivity contribution in [3.63, 3.8) is 0 Å². The zero-order valence-electron chi connectivity index (χ0n) is 17.0. The van der Waals surface area contributed by atoms with Gasteiger partial charge < -0.3 is 5.32 Å². The molecule has 0 aromatic carbocycles. The monoisotopic (exact) mass is 405 g/mol. The summed E-state index contributed by atoms with van der Waals surface area (Å²) in [5.74, 6) is 0.895. The number of hydrogen-bond donors (Lipinski definition) is 1. The van der Waals surface area contributed by atoms with E-state index in [0.29, 0.717) is 21.9 Å². The van der Waals surface area contributed by atoms with Crippen LogP contribution in [0.3, 0.4) is 0 Å². The minimum absolute atomic E-state index is 0.131. The fourth-order valence-corrected chi connectivity index (χ4v) is 4.33. The molecule has 1 saturated carbocycles. The number of aromatic nitrogens is 4. The zero-order chi connectivity index (χ0) is 20.6. The first-order valence-corrected chi connectivity index (χ1v) is 10.5. The molecular weight excluding hydrogens is 378 g/mol. The molecule has 0 unspecified atom stereocenters. The maximum absolute atomic E-state index is 12.8. The van der Waals surface area contributed by atoms with E-state index in [-0.39, 0.29) is 23.1 Å². The molecule has 0 spiro atoms. The van der Waals surface area contributed by atoms with E-state index in [9.17, 15) is 14.4 Å². The Morgan fingerprint density at radius 3 is 2.39 bits per heavy atom. The zero-order valence-corrected chi connectivity index (χ0v) is 17.9. The molecule has 0 bridgehead atoms. The highest BCUT2D eigenvalue weighted by Crippen LogP contribution is 2.34. The molecule has 1 N–H and O–H groups in total. The van der Waals surface area contributed by atoms with Crippen molar-refractivity contribution in [2.45, 2.75) is 62.9 Å². The molecule has 1 amide bonds. The number of amides is 1. The Morgan fingerprint density at radius 2 is 1.79 bits per heavy atom. The molecule has 1 aliphatic carbocycles. The van der Waals surface area contributed by atoms with Gasteiger partial charge in [-0.1, -0.05) is 24.6 Å². The maximum atomic E-state index is 12.8. The third-order valence-electron chi connectivity index (χ3n) is 4.86. The molecule has 2 aromatic rings. The van der Waals surface area contributed by atoms with E-state index in [2.05, 4.69) is 15.3 Å². The van der Waals surface area contributed by atoms with Crippen molar-refractivity contribution in [3.8, 4) is 0 Å². The topological polar surface area (TPSA) is 98.9 Å². The van der Waals surface area contributed by atoms with Crippen LogP contribution >= 0.6 is 11.8 Å². The lowest BCUT2D eigenvalue weighted by molar-refractivity contribution is -0.119. The Labute approximate surface area is 167 Å². The number of hydrogen-bond acceptors (Lipinski definition) is 6. The number of nitrogens with one attached hydrogen (secondary N) is 1. The van der Waals surface area contributed by atoms with E-state index in [1.807, 2.05) is 20.8 Å². The van der Waals surface area contributed by atoms with Crippen LogP contribution in [0.5, 0.6) is 0 Å². The quantitative estimate of drug-likeness (QED) is 0.614. The summed E-state index contributed by atoms with van der Waals surface area (Å²) in [5, 5.41) is 3.67. The molecule has 9 heteroatoms. The summed E-state index contributed by atoms with van der Waals surface area (Å²) in [6.45, 7) is 5.75. The van der Waals surface area contributed by atoms with Gasteiger partial charge in [0.15, 0.2) is 5.65 Å². The van der Waals surface area contributed by atoms with Gasteiger partial charge in [0.05, 0.1) is 5.75 Å². The minimum Gasteiger partial charge on any atom is -0.351 e. The SMILES string of the molecule is Cn1c(=O)c2c(SCC(=O)NC(C)(C)C)nc(C3CCCC3)nc2n(C)c1=O. The lowest BCUT2D eigenvalue weighted by atomic mass is 10.1. The Bertz CT molecular complexity index is 1030. The van der Waals surface area contributed by atoms with E-state index in [4.69, 9.17) is 0 Å². The number of thioether (sulfide) groups is 1. The summed E-state index contributed by atoms with van der Waals surface area (Å²) in [6.07, 6.45) is 4.24. The molecular formula is C19H27N5O3S. The van der Waals surface area contributed by atoms with Crippen LogP contribution in [0.15, 0.2) is 14.6 Å². The molecule has 1 fully saturated rings. The molecule has 2 heterocycles. The summed E-state index contributed by atoms with van der Waals surface area (Å²) in [5.41, 5.74) is -0.853. The minimum atomic E-state index is -0.435. The van der Waals surface area contributed by atoms with Crippen LogP contribution in [0.4, 0.5) is 0 Å². The summed E-state index contributed by atoms with van der Waals surface area (Å²) in [7, 11) is 3.05. The summed E-state index contributed by atoms with van der Waals surface area (Å²) < 4.78 is 2.44. The Hall–Kier alpha value is -2.16. The van der Waals surface area contributed by atoms with Gasteiger partial charge in [-0.05, 0) is 33.6 Å². The first-order valence-electron chi connectivity index (χ1n) is 9.50. The Kier molecular flexibility index (Phi) is 5.65. The fraction of sp³-hybridized carbons (Fsp3) is 0.632. The van der Waals surface area contributed by atoms with E-state index >= 15 is 0 Å². The normalized spacial score (nSPS) is 15.3. The first kappa shape index (κ1) is 20.6. The van der Waals surface area contributed by atoms with Gasteiger partial charge in [-0.25, -0.2) is 14.8 Å². The second-order valence-corrected chi connectivity index (χ2v) is 9.32. The van der Waals surface area contributed by atoms with Crippen LogP contribution in [-0.2, 0) is 18.9 Å². The van der Waals surface area contributed by atoms with Gasteiger partial charge in [0.1, 0.15) is 16.2 Å². The molecule has 0 atom stereocenters. The molecule has 2 aromatic heterocycles. The van der Waals surface area contributed by atoms with Gasteiger partial charge in [0.25, 0.3) is 5.56 Å². The maximum Gasteiger partial charge on any atom is 0.332 e. The van der Waals surface area contributed by atoms with Gasteiger partial charge in [-0.15, -0.1) is 0 Å². The summed E-state index contributed by atoms with van der Waals surface area (Å²) >= 11 is 1.22. The summed E-state index contributed by atoms with van der Waals surface area (Å²) in [4.78, 5) is 46.7. The molecule has 0 saturated heterocycles. The van der Waals surface area contributed by atoms with Crippen LogP contribution in [0, 0.1) is 0 Å². The molecule has 0 aliphatic heterocycles. The van der Waals surface area contributed by atoms with Gasteiger partial charge in [-0.3, -0.25) is 18.7 Å². The second-order valence-electron chi connectivity index (χ2n) is 8.36. The van der Waals surface area contributed by atoms with Crippen molar-refractivity contribution in [2.24, 2.45) is 14.1 Å². The van der Waals surface area contributed by atoms with Crippen LogP contribution in [0.1, 0.15) is 58.2 Å². The lowest BCUT2D eigenvalue weighted by Gasteiger charge is -2.20. The van der Waals surface area contributed by atoms with E-state index in [0.717, 1.165) is 30.3 Å². The predicted molar refractivity (Wildman–Crippen MR) is 110 cm³/mol. The van der Waals surface area contributed by atoms with Crippen molar-refractivity contribution in [1.29, 1.82) is 0 Å². The largest absolute Gasteiger partial charge is 0.351 e. The number of aryl methyl sites for hydroxylation is 1. The van der Waals surface area contributed by atoms with Crippen molar-refractivity contribution in [1.82, 2.24) is 24.4 Å². The lowest BCUT2D eigenvalue weighted by Crippen LogP contribution is -2.41. The highest BCUT2D eigenvalue weighted by Gasteiger charge is 2.24. The van der Waals surface area contributed by atoms with Crippen molar-refractivity contribution < 1.29 is 4.79 Å². The van der Waals surface area contributed by atoms with E-state index in [1.165, 1.54) is 23.4 Å². The highest BCUT2D eigenvalue weighted by molar-refractivity contribution is 8.00. The molecule has 8 nitrogen and oxygen atoms in total. The van der Waals surface area contributed by atoms with Crippen LogP contribution in [0.2, 0.25) is 0 Å². The number of rotatable bonds is 4. The molecule has 3 rings (SSSR count). The third kappa shape index (κ3) is 4.14. The van der Waals surface area contributed by atoms with Crippen LogP contribution in [0.25, 0.3) is 11.0 Å². The molecule has 152 valence electrons. The second kappa shape index (κ2) is 7.69.